The zero-order chi connectivity index (χ0) is 19.5. The highest BCUT2D eigenvalue weighted by Crippen LogP contribution is 2.16. The van der Waals surface area contributed by atoms with Gasteiger partial charge >= 0.3 is 0 Å². The Kier molecular flexibility index (Phi) is 4.89. The van der Waals surface area contributed by atoms with Crippen LogP contribution in [0.5, 0.6) is 0 Å². The molecule has 0 spiro atoms. The third-order valence-corrected chi connectivity index (χ3v) is 4.61. The minimum Gasteiger partial charge on any atom is -0.350 e. The van der Waals surface area contributed by atoms with Crippen molar-refractivity contribution in [1.29, 1.82) is 0 Å². The first-order valence-electron chi connectivity index (χ1n) is 9.34. The summed E-state index contributed by atoms with van der Waals surface area (Å²) in [6, 6.07) is 17.7. The van der Waals surface area contributed by atoms with Crippen molar-refractivity contribution in [1.82, 2.24) is 30.1 Å². The van der Waals surface area contributed by atoms with Gasteiger partial charge in [-0.1, -0.05) is 30.3 Å². The van der Waals surface area contributed by atoms with Crippen LogP contribution in [0, 0.1) is 0 Å². The molecular weight excluding hydrogens is 352 g/mol. The maximum Gasteiger partial charge on any atom is 0.251 e. The fourth-order valence-corrected chi connectivity index (χ4v) is 3.06. The molecule has 0 bridgehead atoms. The molecule has 0 saturated carbocycles. The van der Waals surface area contributed by atoms with Crippen LogP contribution < -0.4 is 5.32 Å². The van der Waals surface area contributed by atoms with Crippen LogP contribution in [0.15, 0.2) is 60.8 Å². The molecule has 0 aliphatic heterocycles. The van der Waals surface area contributed by atoms with Crippen molar-refractivity contribution in [2.75, 3.05) is 6.54 Å². The second kappa shape index (κ2) is 7.64. The first-order valence-corrected chi connectivity index (χ1v) is 9.34. The Morgan fingerprint density at radius 1 is 1.07 bits per heavy atom. The van der Waals surface area contributed by atoms with Gasteiger partial charge < -0.3 is 9.88 Å². The quantitative estimate of drug-likeness (QED) is 0.562. The Morgan fingerprint density at radius 2 is 1.86 bits per heavy atom. The fourth-order valence-electron chi connectivity index (χ4n) is 3.06. The number of benzene rings is 2. The molecule has 2 heterocycles. The van der Waals surface area contributed by atoms with E-state index in [2.05, 4.69) is 43.5 Å². The summed E-state index contributed by atoms with van der Waals surface area (Å²) >= 11 is 0. The van der Waals surface area contributed by atoms with E-state index in [1.807, 2.05) is 44.3 Å². The van der Waals surface area contributed by atoms with Gasteiger partial charge in [-0.3, -0.25) is 4.79 Å². The summed E-state index contributed by atoms with van der Waals surface area (Å²) in [5.41, 5.74) is 2.61. The summed E-state index contributed by atoms with van der Waals surface area (Å²) in [6.45, 7) is 5.27. The van der Waals surface area contributed by atoms with Crippen molar-refractivity contribution in [3.8, 4) is 11.4 Å². The zero-order valence-corrected chi connectivity index (χ0v) is 15.9. The maximum atomic E-state index is 12.4. The van der Waals surface area contributed by atoms with Gasteiger partial charge in [-0.15, -0.1) is 10.2 Å². The number of carbonyl (C=O) groups excluding carboxylic acids is 1. The number of carbonyl (C=O) groups is 1. The van der Waals surface area contributed by atoms with E-state index >= 15 is 0 Å². The molecule has 0 aliphatic carbocycles. The molecule has 7 nitrogen and oxygen atoms in total. The van der Waals surface area contributed by atoms with Crippen LogP contribution >= 0.6 is 0 Å². The van der Waals surface area contributed by atoms with Gasteiger partial charge in [0.1, 0.15) is 0 Å². The second-order valence-electron chi connectivity index (χ2n) is 6.93. The number of amides is 1. The lowest BCUT2D eigenvalue weighted by Gasteiger charge is -2.08. The van der Waals surface area contributed by atoms with E-state index < -0.39 is 0 Å². The van der Waals surface area contributed by atoms with Crippen molar-refractivity contribution < 1.29 is 4.79 Å². The highest BCUT2D eigenvalue weighted by atomic mass is 16.1. The van der Waals surface area contributed by atoms with E-state index in [1.54, 1.807) is 16.9 Å². The topological polar surface area (TPSA) is 77.6 Å². The van der Waals surface area contributed by atoms with Gasteiger partial charge in [-0.05, 0) is 48.7 Å². The number of nitrogens with zero attached hydrogens (tertiary/aromatic N) is 5. The molecule has 1 N–H and O–H groups in total. The normalized spacial score (nSPS) is 11.2. The molecule has 4 aromatic rings. The summed E-state index contributed by atoms with van der Waals surface area (Å²) < 4.78 is 2.14. The molecule has 0 aliphatic rings. The van der Waals surface area contributed by atoms with Gasteiger partial charge in [0.15, 0.2) is 0 Å². The Hall–Kier alpha value is -3.48. The third-order valence-electron chi connectivity index (χ3n) is 4.61. The minimum absolute atomic E-state index is 0.0956. The molecule has 142 valence electrons. The Labute approximate surface area is 163 Å². The molecule has 1 amide bonds. The minimum atomic E-state index is -0.0956. The maximum absolute atomic E-state index is 12.4. The smallest absolute Gasteiger partial charge is 0.251 e. The Morgan fingerprint density at radius 3 is 2.61 bits per heavy atom. The molecule has 28 heavy (non-hydrogen) atoms. The lowest BCUT2D eigenvalue weighted by molar-refractivity contribution is 0.0952. The van der Waals surface area contributed by atoms with Crippen LogP contribution in [-0.4, -0.2) is 37.2 Å². The average molecular weight is 374 g/mol. The number of tetrazole rings is 1. The van der Waals surface area contributed by atoms with Crippen molar-refractivity contribution in [3.63, 3.8) is 0 Å². The van der Waals surface area contributed by atoms with Gasteiger partial charge in [0.25, 0.3) is 5.91 Å². The molecule has 0 saturated heterocycles. The predicted octanol–water partition coefficient (Wildman–Crippen LogP) is 3.31. The summed E-state index contributed by atoms with van der Waals surface area (Å²) in [7, 11) is 0. The van der Waals surface area contributed by atoms with Crippen LogP contribution in [-0.2, 0) is 6.54 Å². The number of hydrogen-bond acceptors (Lipinski definition) is 4. The Bertz CT molecular complexity index is 1090. The van der Waals surface area contributed by atoms with Crippen LogP contribution in [0.4, 0.5) is 0 Å². The molecule has 0 unspecified atom stereocenters. The molecule has 4 rings (SSSR count). The van der Waals surface area contributed by atoms with Gasteiger partial charge in [0.2, 0.25) is 5.82 Å². The molecule has 0 atom stereocenters. The molecular formula is C21H22N6O. The van der Waals surface area contributed by atoms with Gasteiger partial charge in [0.05, 0.1) is 6.04 Å². The predicted molar refractivity (Wildman–Crippen MR) is 108 cm³/mol. The van der Waals surface area contributed by atoms with Crippen molar-refractivity contribution in [3.05, 3.63) is 66.4 Å². The van der Waals surface area contributed by atoms with Gasteiger partial charge in [-0.25, -0.2) is 0 Å². The van der Waals surface area contributed by atoms with E-state index in [0.29, 0.717) is 17.9 Å². The van der Waals surface area contributed by atoms with Crippen molar-refractivity contribution >= 4 is 16.8 Å². The number of nitrogens with one attached hydrogen (secondary N) is 1. The van der Waals surface area contributed by atoms with Crippen LogP contribution in [0.25, 0.3) is 22.3 Å². The summed E-state index contributed by atoms with van der Waals surface area (Å²) in [6.07, 6.45) is 2.04. The van der Waals surface area contributed by atoms with Gasteiger partial charge in [0, 0.05) is 35.9 Å². The highest BCUT2D eigenvalue weighted by Gasteiger charge is 2.10. The van der Waals surface area contributed by atoms with Gasteiger partial charge in [-0.2, -0.15) is 4.80 Å². The van der Waals surface area contributed by atoms with E-state index in [9.17, 15) is 4.79 Å². The number of para-hydroxylation sites is 1. The first kappa shape index (κ1) is 17.9. The zero-order valence-electron chi connectivity index (χ0n) is 15.9. The summed E-state index contributed by atoms with van der Waals surface area (Å²) in [5.74, 6) is 0.460. The molecule has 2 aromatic heterocycles. The van der Waals surface area contributed by atoms with E-state index in [1.165, 1.54) is 10.9 Å². The lowest BCUT2D eigenvalue weighted by Crippen LogP contribution is -2.27. The van der Waals surface area contributed by atoms with E-state index in [4.69, 9.17) is 0 Å². The number of rotatable bonds is 6. The SMILES string of the molecule is CC(C)n1nnc(-c2ccc(C(=O)NCCn3ccc4ccccc43)cc2)n1. The monoisotopic (exact) mass is 374 g/mol. The van der Waals surface area contributed by atoms with Crippen molar-refractivity contribution in [2.45, 2.75) is 26.4 Å². The number of aromatic nitrogens is 5. The molecule has 2 aromatic carbocycles. The number of hydrogen-bond donors (Lipinski definition) is 1. The fraction of sp³-hybridized carbons (Fsp3) is 0.238. The average Bonchev–Trinajstić information content (AvgIpc) is 3.36. The largest absolute Gasteiger partial charge is 0.350 e. The standard InChI is InChI=1S/C21H22N6O/c1-15(2)27-24-20(23-25-27)17-7-9-18(10-8-17)21(28)22-12-14-26-13-11-16-5-3-4-6-19(16)26/h3-11,13,15H,12,14H2,1-2H3,(H,22,28). The Balaban J connectivity index is 1.37. The van der Waals surface area contributed by atoms with Crippen LogP contribution in [0.3, 0.4) is 0 Å². The van der Waals surface area contributed by atoms with Crippen LogP contribution in [0.1, 0.15) is 30.2 Å². The lowest BCUT2D eigenvalue weighted by atomic mass is 10.1. The second-order valence-corrected chi connectivity index (χ2v) is 6.93. The van der Waals surface area contributed by atoms with E-state index in [-0.39, 0.29) is 11.9 Å². The van der Waals surface area contributed by atoms with Crippen LogP contribution in [0.2, 0.25) is 0 Å². The van der Waals surface area contributed by atoms with Crippen molar-refractivity contribution in [2.24, 2.45) is 0 Å². The first-order chi connectivity index (χ1) is 13.6. The summed E-state index contributed by atoms with van der Waals surface area (Å²) in [5, 5.41) is 16.6. The van der Waals surface area contributed by atoms with E-state index in [0.717, 1.165) is 12.1 Å². The highest BCUT2D eigenvalue weighted by molar-refractivity contribution is 5.94. The number of fused-ring (bicyclic) bond motifs is 1. The molecule has 7 heteroatoms. The molecule has 0 radical (unpaired) electrons. The summed E-state index contributed by atoms with van der Waals surface area (Å²) in [4.78, 5) is 14.0. The molecule has 0 fully saturated rings. The third kappa shape index (κ3) is 3.64.